The zero-order chi connectivity index (χ0) is 14.6. The highest BCUT2D eigenvalue weighted by atomic mass is 35.5. The SMILES string of the molecule is CSc1nc2c3c(nc(Cl)c(F)c3n1)OCC[C@@H]1CCN21. The van der Waals surface area contributed by atoms with E-state index in [0.717, 1.165) is 19.4 Å². The van der Waals surface area contributed by atoms with Gasteiger partial charge in [-0.25, -0.2) is 14.4 Å². The third-order valence-corrected chi connectivity index (χ3v) is 4.76. The van der Waals surface area contributed by atoms with Crippen molar-refractivity contribution in [2.24, 2.45) is 0 Å². The van der Waals surface area contributed by atoms with Crippen molar-refractivity contribution in [3.63, 3.8) is 0 Å². The summed E-state index contributed by atoms with van der Waals surface area (Å²) in [5.41, 5.74) is 0.187. The van der Waals surface area contributed by atoms with E-state index >= 15 is 0 Å². The van der Waals surface area contributed by atoms with E-state index in [2.05, 4.69) is 19.9 Å². The summed E-state index contributed by atoms with van der Waals surface area (Å²) in [7, 11) is 0. The summed E-state index contributed by atoms with van der Waals surface area (Å²) in [4.78, 5) is 15.0. The number of nitrogens with zero attached hydrogens (tertiary/aromatic N) is 4. The van der Waals surface area contributed by atoms with Crippen molar-refractivity contribution in [2.75, 3.05) is 24.3 Å². The van der Waals surface area contributed by atoms with Gasteiger partial charge in [0.15, 0.2) is 16.1 Å². The van der Waals surface area contributed by atoms with E-state index in [-0.39, 0.29) is 10.7 Å². The third-order valence-electron chi connectivity index (χ3n) is 3.96. The Bertz CT molecular complexity index is 744. The van der Waals surface area contributed by atoms with Crippen LogP contribution in [0.1, 0.15) is 12.8 Å². The normalized spacial score (nSPS) is 20.3. The van der Waals surface area contributed by atoms with Crippen LogP contribution in [0, 0.1) is 5.82 Å². The number of hydrogen-bond donors (Lipinski definition) is 0. The van der Waals surface area contributed by atoms with Gasteiger partial charge in [0.2, 0.25) is 5.88 Å². The van der Waals surface area contributed by atoms with E-state index in [4.69, 9.17) is 16.3 Å². The van der Waals surface area contributed by atoms with Crippen molar-refractivity contribution < 1.29 is 9.13 Å². The number of hydrogen-bond acceptors (Lipinski definition) is 6. The minimum absolute atomic E-state index is 0.187. The van der Waals surface area contributed by atoms with Crippen LogP contribution in [-0.2, 0) is 0 Å². The molecule has 21 heavy (non-hydrogen) atoms. The summed E-state index contributed by atoms with van der Waals surface area (Å²) in [6.45, 7) is 1.45. The molecular formula is C13H12ClFN4OS. The molecule has 4 rings (SSSR count). The van der Waals surface area contributed by atoms with Crippen LogP contribution in [0.4, 0.5) is 10.2 Å². The van der Waals surface area contributed by atoms with Gasteiger partial charge in [-0.1, -0.05) is 23.4 Å². The average Bonchev–Trinajstić information content (AvgIpc) is 2.45. The lowest BCUT2D eigenvalue weighted by molar-refractivity contribution is 0.262. The largest absolute Gasteiger partial charge is 0.477 e. The van der Waals surface area contributed by atoms with Crippen LogP contribution in [0.2, 0.25) is 5.15 Å². The molecule has 1 saturated heterocycles. The number of anilines is 1. The van der Waals surface area contributed by atoms with Gasteiger partial charge in [0, 0.05) is 19.0 Å². The topological polar surface area (TPSA) is 51.1 Å². The molecular weight excluding hydrogens is 315 g/mol. The van der Waals surface area contributed by atoms with E-state index < -0.39 is 5.82 Å². The fourth-order valence-electron chi connectivity index (χ4n) is 2.79. The van der Waals surface area contributed by atoms with E-state index in [1.165, 1.54) is 11.8 Å². The monoisotopic (exact) mass is 326 g/mol. The van der Waals surface area contributed by atoms with Crippen LogP contribution in [0.3, 0.4) is 0 Å². The van der Waals surface area contributed by atoms with Crippen LogP contribution >= 0.6 is 23.4 Å². The lowest BCUT2D eigenvalue weighted by atomic mass is 9.99. The number of pyridine rings is 1. The molecule has 0 aliphatic carbocycles. The van der Waals surface area contributed by atoms with Crippen molar-refractivity contribution in [1.82, 2.24) is 15.0 Å². The molecule has 0 spiro atoms. The first-order valence-corrected chi connectivity index (χ1v) is 8.29. The molecule has 8 heteroatoms. The zero-order valence-electron chi connectivity index (χ0n) is 11.3. The fourth-order valence-corrected chi connectivity index (χ4v) is 3.32. The molecule has 1 fully saturated rings. The van der Waals surface area contributed by atoms with Crippen LogP contribution in [0.5, 0.6) is 5.88 Å². The quantitative estimate of drug-likeness (QED) is 0.456. The van der Waals surface area contributed by atoms with Crippen molar-refractivity contribution in [3.8, 4) is 5.88 Å². The van der Waals surface area contributed by atoms with Crippen LogP contribution in [0.25, 0.3) is 10.9 Å². The van der Waals surface area contributed by atoms with Crippen LogP contribution < -0.4 is 9.64 Å². The van der Waals surface area contributed by atoms with Gasteiger partial charge in [-0.2, -0.15) is 4.98 Å². The van der Waals surface area contributed by atoms with E-state index in [1.807, 2.05) is 6.26 Å². The fraction of sp³-hybridized carbons (Fsp3) is 0.462. The Kier molecular flexibility index (Phi) is 3.08. The first-order valence-electron chi connectivity index (χ1n) is 6.69. The Labute approximate surface area is 129 Å². The minimum Gasteiger partial charge on any atom is -0.477 e. The molecule has 2 aromatic heterocycles. The number of fused-ring (bicyclic) bond motifs is 2. The molecule has 0 N–H and O–H groups in total. The lowest BCUT2D eigenvalue weighted by Crippen LogP contribution is -2.49. The Hall–Kier alpha value is -1.34. The molecule has 0 radical (unpaired) electrons. The predicted octanol–water partition coefficient (Wildman–Crippen LogP) is 2.90. The average molecular weight is 327 g/mol. The van der Waals surface area contributed by atoms with Crippen molar-refractivity contribution in [1.29, 1.82) is 0 Å². The summed E-state index contributed by atoms with van der Waals surface area (Å²) in [6.07, 6.45) is 3.86. The van der Waals surface area contributed by atoms with Gasteiger partial charge in [0.25, 0.3) is 0 Å². The van der Waals surface area contributed by atoms with Crippen molar-refractivity contribution in [3.05, 3.63) is 11.0 Å². The molecule has 2 aromatic rings. The molecule has 0 aromatic carbocycles. The zero-order valence-corrected chi connectivity index (χ0v) is 12.8. The molecule has 2 aliphatic rings. The smallest absolute Gasteiger partial charge is 0.228 e. The molecule has 5 nitrogen and oxygen atoms in total. The highest BCUT2D eigenvalue weighted by Gasteiger charge is 2.34. The number of rotatable bonds is 1. The standard InChI is InChI=1S/C13H12ClFN4OS/c1-21-13-16-9-7-11(18-13)19-4-2-6(19)3-5-20-12(7)17-10(14)8(9)15/h6H,2-5H2,1H3/t6-/m0/s1. The summed E-state index contributed by atoms with van der Waals surface area (Å²) in [5.74, 6) is 0.415. The maximum Gasteiger partial charge on any atom is 0.228 e. The van der Waals surface area contributed by atoms with Gasteiger partial charge >= 0.3 is 0 Å². The van der Waals surface area contributed by atoms with Gasteiger partial charge in [-0.3, -0.25) is 0 Å². The van der Waals surface area contributed by atoms with Crippen molar-refractivity contribution in [2.45, 2.75) is 24.0 Å². The molecule has 0 bridgehead atoms. The van der Waals surface area contributed by atoms with Gasteiger partial charge in [-0.15, -0.1) is 0 Å². The van der Waals surface area contributed by atoms with Crippen molar-refractivity contribution >= 4 is 40.1 Å². The highest BCUT2D eigenvalue weighted by Crippen LogP contribution is 2.41. The lowest BCUT2D eigenvalue weighted by Gasteiger charge is -2.43. The van der Waals surface area contributed by atoms with Crippen LogP contribution in [0.15, 0.2) is 5.16 Å². The van der Waals surface area contributed by atoms with Gasteiger partial charge < -0.3 is 9.64 Å². The minimum atomic E-state index is -0.615. The predicted molar refractivity (Wildman–Crippen MR) is 79.9 cm³/mol. The number of halogens is 2. The molecule has 1 atom stereocenters. The van der Waals surface area contributed by atoms with Crippen LogP contribution in [-0.4, -0.2) is 40.4 Å². The first-order chi connectivity index (χ1) is 10.2. The molecule has 110 valence electrons. The second-order valence-electron chi connectivity index (χ2n) is 5.05. The van der Waals surface area contributed by atoms with Gasteiger partial charge in [0.05, 0.1) is 6.61 Å². The summed E-state index contributed by atoms with van der Waals surface area (Å²) >= 11 is 7.25. The molecule has 2 aliphatic heterocycles. The maximum absolute atomic E-state index is 14.3. The molecule has 0 unspecified atom stereocenters. The number of aromatic nitrogens is 3. The highest BCUT2D eigenvalue weighted by molar-refractivity contribution is 7.98. The second-order valence-corrected chi connectivity index (χ2v) is 6.18. The van der Waals surface area contributed by atoms with E-state index in [0.29, 0.717) is 34.9 Å². The molecule has 0 amide bonds. The Morgan fingerprint density at radius 3 is 2.90 bits per heavy atom. The summed E-state index contributed by atoms with van der Waals surface area (Å²) in [6, 6.07) is 0.393. The number of thioether (sulfide) groups is 1. The summed E-state index contributed by atoms with van der Waals surface area (Å²) < 4.78 is 20.0. The number of ether oxygens (including phenoxy) is 1. The Morgan fingerprint density at radius 1 is 1.33 bits per heavy atom. The first kappa shape index (κ1) is 13.3. The Balaban J connectivity index is 2.08. The van der Waals surface area contributed by atoms with E-state index in [9.17, 15) is 4.39 Å². The maximum atomic E-state index is 14.3. The summed E-state index contributed by atoms with van der Waals surface area (Å²) in [5, 5.41) is 0.838. The second kappa shape index (κ2) is 4.84. The van der Waals surface area contributed by atoms with Gasteiger partial charge in [0.1, 0.15) is 16.7 Å². The molecule has 4 heterocycles. The van der Waals surface area contributed by atoms with E-state index in [1.54, 1.807) is 0 Å². The Morgan fingerprint density at radius 2 is 2.19 bits per heavy atom. The molecule has 0 saturated carbocycles. The van der Waals surface area contributed by atoms with Gasteiger partial charge in [-0.05, 0) is 12.7 Å². The third kappa shape index (κ3) is 1.94.